The smallest absolute Gasteiger partial charge is 0.410 e. The van der Waals surface area contributed by atoms with Crippen LogP contribution in [0, 0.1) is 12.8 Å². The highest BCUT2D eigenvalue weighted by Crippen LogP contribution is 2.35. The maximum Gasteiger partial charge on any atom is 0.410 e. The van der Waals surface area contributed by atoms with E-state index in [-0.39, 0.29) is 12.1 Å². The molecule has 0 saturated carbocycles. The lowest BCUT2D eigenvalue weighted by atomic mass is 10.1. The fourth-order valence-electron chi connectivity index (χ4n) is 4.24. The Bertz CT molecular complexity index is 850. The van der Waals surface area contributed by atoms with Crippen molar-refractivity contribution in [1.29, 1.82) is 0 Å². The molecule has 2 aliphatic heterocycles. The average molecular weight is 384 g/mol. The highest BCUT2D eigenvalue weighted by molar-refractivity contribution is 5.69. The van der Waals surface area contributed by atoms with E-state index in [0.717, 1.165) is 42.3 Å². The monoisotopic (exact) mass is 384 g/mol. The SMILES string of the molecule is Cc1cnn(C)c1-c1ccc(N2CCC3CN(C(=O)OC(C)(C)C)CC32)nn1. The van der Waals surface area contributed by atoms with Gasteiger partial charge in [0, 0.05) is 32.6 Å². The quantitative estimate of drug-likeness (QED) is 0.792. The standard InChI is InChI=1S/C20H28N6O2/c1-13-10-21-24(5)18(13)15-6-7-17(23-22-15)26-9-8-14-11-25(12-16(14)26)19(27)28-20(2,3)4/h6-7,10,14,16H,8-9,11-12H2,1-5H3. The van der Waals surface area contributed by atoms with E-state index in [1.54, 1.807) is 0 Å². The summed E-state index contributed by atoms with van der Waals surface area (Å²) >= 11 is 0. The molecule has 2 aromatic heterocycles. The van der Waals surface area contributed by atoms with E-state index in [0.29, 0.717) is 12.5 Å². The first-order chi connectivity index (χ1) is 13.2. The van der Waals surface area contributed by atoms with Gasteiger partial charge in [0.15, 0.2) is 5.82 Å². The maximum absolute atomic E-state index is 12.4. The van der Waals surface area contributed by atoms with Gasteiger partial charge in [-0.25, -0.2) is 4.79 Å². The van der Waals surface area contributed by atoms with Gasteiger partial charge in [-0.05, 0) is 51.8 Å². The van der Waals surface area contributed by atoms with Crippen LogP contribution < -0.4 is 4.90 Å². The molecular formula is C20H28N6O2. The van der Waals surface area contributed by atoms with Crippen LogP contribution in [0.25, 0.3) is 11.4 Å². The Hall–Kier alpha value is -2.64. The number of ether oxygens (including phenoxy) is 1. The van der Waals surface area contributed by atoms with Gasteiger partial charge in [-0.3, -0.25) is 4.68 Å². The number of aromatic nitrogens is 4. The molecule has 2 fully saturated rings. The lowest BCUT2D eigenvalue weighted by Crippen LogP contribution is -2.39. The van der Waals surface area contributed by atoms with Gasteiger partial charge in [0.1, 0.15) is 11.3 Å². The molecule has 2 unspecified atom stereocenters. The molecule has 8 heteroatoms. The summed E-state index contributed by atoms with van der Waals surface area (Å²) < 4.78 is 7.36. The van der Waals surface area contributed by atoms with E-state index in [1.165, 1.54) is 0 Å². The minimum atomic E-state index is -0.473. The van der Waals surface area contributed by atoms with Crippen molar-refractivity contribution in [2.45, 2.75) is 45.8 Å². The normalized spacial score (nSPS) is 21.9. The molecule has 2 saturated heterocycles. The van der Waals surface area contributed by atoms with Gasteiger partial charge in [-0.1, -0.05) is 0 Å². The van der Waals surface area contributed by atoms with Crippen LogP contribution in [0.3, 0.4) is 0 Å². The largest absolute Gasteiger partial charge is 0.444 e. The molecule has 1 amide bonds. The Labute approximate surface area is 165 Å². The van der Waals surface area contributed by atoms with Gasteiger partial charge < -0.3 is 14.5 Å². The predicted octanol–water partition coefficient (Wildman–Crippen LogP) is 2.63. The summed E-state index contributed by atoms with van der Waals surface area (Å²) in [7, 11) is 1.91. The van der Waals surface area contributed by atoms with Gasteiger partial charge in [0.25, 0.3) is 0 Å². The molecule has 2 atom stereocenters. The lowest BCUT2D eigenvalue weighted by molar-refractivity contribution is 0.0284. The number of carbonyl (C=O) groups excluding carboxylic acids is 1. The van der Waals surface area contributed by atoms with Crippen molar-refractivity contribution in [2.75, 3.05) is 24.5 Å². The molecule has 0 bridgehead atoms. The van der Waals surface area contributed by atoms with Gasteiger partial charge in [0.2, 0.25) is 0 Å². The van der Waals surface area contributed by atoms with Crippen molar-refractivity contribution >= 4 is 11.9 Å². The van der Waals surface area contributed by atoms with Crippen LogP contribution in [-0.2, 0) is 11.8 Å². The van der Waals surface area contributed by atoms with Crippen LogP contribution in [0.1, 0.15) is 32.8 Å². The number of nitrogens with zero attached hydrogens (tertiary/aromatic N) is 6. The topological polar surface area (TPSA) is 76.4 Å². The first-order valence-electron chi connectivity index (χ1n) is 9.80. The fourth-order valence-corrected chi connectivity index (χ4v) is 4.24. The molecule has 150 valence electrons. The number of hydrogen-bond donors (Lipinski definition) is 0. The molecule has 0 spiro atoms. The van der Waals surface area contributed by atoms with E-state index in [2.05, 4.69) is 20.2 Å². The zero-order chi connectivity index (χ0) is 20.1. The van der Waals surface area contributed by atoms with E-state index in [4.69, 9.17) is 4.74 Å². The summed E-state index contributed by atoms with van der Waals surface area (Å²) in [5, 5.41) is 13.2. The van der Waals surface area contributed by atoms with Crippen molar-refractivity contribution in [1.82, 2.24) is 24.9 Å². The Morgan fingerprint density at radius 1 is 1.21 bits per heavy atom. The van der Waals surface area contributed by atoms with Crippen LogP contribution in [0.4, 0.5) is 10.6 Å². The number of hydrogen-bond acceptors (Lipinski definition) is 6. The molecule has 4 heterocycles. The number of carbonyl (C=O) groups is 1. The van der Waals surface area contributed by atoms with E-state index >= 15 is 0 Å². The molecule has 0 radical (unpaired) electrons. The third-order valence-corrected chi connectivity index (χ3v) is 5.51. The third kappa shape index (κ3) is 3.43. The third-order valence-electron chi connectivity index (χ3n) is 5.51. The molecular weight excluding hydrogens is 356 g/mol. The van der Waals surface area contributed by atoms with Crippen LogP contribution >= 0.6 is 0 Å². The Morgan fingerprint density at radius 2 is 2.00 bits per heavy atom. The zero-order valence-corrected chi connectivity index (χ0v) is 17.2. The summed E-state index contributed by atoms with van der Waals surface area (Å²) in [4.78, 5) is 16.5. The fraction of sp³-hybridized carbons (Fsp3) is 0.600. The second-order valence-corrected chi connectivity index (χ2v) is 8.77. The first-order valence-corrected chi connectivity index (χ1v) is 9.80. The summed E-state index contributed by atoms with van der Waals surface area (Å²) in [5.41, 5.74) is 2.41. The van der Waals surface area contributed by atoms with Gasteiger partial charge in [0.05, 0.1) is 17.9 Å². The number of aryl methyl sites for hydroxylation is 2. The number of fused-ring (bicyclic) bond motifs is 1. The van der Waals surface area contributed by atoms with Crippen LogP contribution in [0.5, 0.6) is 0 Å². The van der Waals surface area contributed by atoms with Crippen molar-refractivity contribution < 1.29 is 9.53 Å². The molecule has 0 N–H and O–H groups in total. The Morgan fingerprint density at radius 3 is 2.61 bits per heavy atom. The molecule has 4 rings (SSSR count). The van der Waals surface area contributed by atoms with Crippen LogP contribution in [0.2, 0.25) is 0 Å². The second kappa shape index (κ2) is 6.76. The number of anilines is 1. The summed E-state index contributed by atoms with van der Waals surface area (Å²) in [6, 6.07) is 4.29. The highest BCUT2D eigenvalue weighted by atomic mass is 16.6. The van der Waals surface area contributed by atoms with Crippen LogP contribution in [0.15, 0.2) is 18.3 Å². The van der Waals surface area contributed by atoms with Gasteiger partial charge in [-0.15, -0.1) is 10.2 Å². The summed E-state index contributed by atoms with van der Waals surface area (Å²) in [5.74, 6) is 1.32. The second-order valence-electron chi connectivity index (χ2n) is 8.77. The van der Waals surface area contributed by atoms with E-state index in [1.807, 2.05) is 62.7 Å². The van der Waals surface area contributed by atoms with Crippen molar-refractivity contribution in [2.24, 2.45) is 13.0 Å². The number of amides is 1. The maximum atomic E-state index is 12.4. The molecule has 28 heavy (non-hydrogen) atoms. The minimum absolute atomic E-state index is 0.227. The summed E-state index contributed by atoms with van der Waals surface area (Å²) in [6.07, 6.45) is 2.66. The van der Waals surface area contributed by atoms with Crippen molar-refractivity contribution in [3.63, 3.8) is 0 Å². The van der Waals surface area contributed by atoms with E-state index in [9.17, 15) is 4.79 Å². The Balaban J connectivity index is 1.48. The molecule has 8 nitrogen and oxygen atoms in total. The van der Waals surface area contributed by atoms with Gasteiger partial charge >= 0.3 is 6.09 Å². The minimum Gasteiger partial charge on any atom is -0.444 e. The average Bonchev–Trinajstić information content (AvgIpc) is 3.28. The molecule has 2 aromatic rings. The summed E-state index contributed by atoms with van der Waals surface area (Å²) in [6.45, 7) is 10.1. The highest BCUT2D eigenvalue weighted by Gasteiger charge is 2.44. The van der Waals surface area contributed by atoms with E-state index < -0.39 is 5.60 Å². The van der Waals surface area contributed by atoms with Crippen LogP contribution in [-0.4, -0.2) is 62.2 Å². The number of likely N-dealkylation sites (tertiary alicyclic amines) is 1. The number of rotatable bonds is 2. The predicted molar refractivity (Wildman–Crippen MR) is 106 cm³/mol. The zero-order valence-electron chi connectivity index (χ0n) is 17.2. The van der Waals surface area contributed by atoms with Crippen molar-refractivity contribution in [3.8, 4) is 11.4 Å². The Kier molecular flexibility index (Phi) is 4.51. The lowest BCUT2D eigenvalue weighted by Gasteiger charge is -2.27. The molecule has 0 aliphatic carbocycles. The van der Waals surface area contributed by atoms with Gasteiger partial charge in [-0.2, -0.15) is 5.10 Å². The van der Waals surface area contributed by atoms with Crippen molar-refractivity contribution in [3.05, 3.63) is 23.9 Å². The molecule has 0 aromatic carbocycles. The molecule has 2 aliphatic rings. The first kappa shape index (κ1) is 18.7.